The van der Waals surface area contributed by atoms with Gasteiger partial charge in [0.25, 0.3) is 0 Å². The predicted octanol–water partition coefficient (Wildman–Crippen LogP) is 4.88. The number of Topliss-reactive ketones (excluding diaryl/α,β-unsaturated/α-hetero) is 1. The highest BCUT2D eigenvalue weighted by Crippen LogP contribution is 2.19. The highest BCUT2D eigenvalue weighted by molar-refractivity contribution is 5.85. The van der Waals surface area contributed by atoms with E-state index in [1.54, 1.807) is 0 Å². The van der Waals surface area contributed by atoms with Crippen molar-refractivity contribution in [2.45, 2.75) is 97.5 Å². The van der Waals surface area contributed by atoms with Crippen molar-refractivity contribution in [1.29, 1.82) is 0 Å². The Bertz CT molecular complexity index is 213. The average molecular weight is 270 g/mol. The zero-order chi connectivity index (χ0) is 14.5. The third-order valence-electron chi connectivity index (χ3n) is 3.96. The van der Waals surface area contributed by atoms with Crippen molar-refractivity contribution in [3.8, 4) is 0 Å². The summed E-state index contributed by atoms with van der Waals surface area (Å²) in [5, 5.41) is 9.97. The molecule has 114 valence electrons. The Morgan fingerprint density at radius 1 is 0.842 bits per heavy atom. The normalized spacial score (nSPS) is 14.3. The van der Waals surface area contributed by atoms with Crippen LogP contribution in [0.25, 0.3) is 0 Å². The van der Waals surface area contributed by atoms with E-state index in [1.165, 1.54) is 32.1 Å². The molecule has 0 aliphatic rings. The van der Waals surface area contributed by atoms with Crippen LogP contribution >= 0.6 is 0 Å². The molecule has 0 radical (unpaired) electrons. The van der Waals surface area contributed by atoms with E-state index in [-0.39, 0.29) is 11.7 Å². The van der Waals surface area contributed by atoms with Gasteiger partial charge in [0.2, 0.25) is 0 Å². The number of unbranched alkanes of at least 4 members (excludes halogenated alkanes) is 6. The van der Waals surface area contributed by atoms with Gasteiger partial charge < -0.3 is 5.11 Å². The molecule has 0 aliphatic heterocycles. The first kappa shape index (κ1) is 18.6. The number of hydrogen-bond acceptors (Lipinski definition) is 2. The monoisotopic (exact) mass is 270 g/mol. The van der Waals surface area contributed by atoms with Gasteiger partial charge >= 0.3 is 0 Å². The number of rotatable bonds is 13. The molecule has 2 unspecified atom stereocenters. The van der Waals surface area contributed by atoms with Gasteiger partial charge in [-0.3, -0.25) is 4.79 Å². The van der Waals surface area contributed by atoms with Gasteiger partial charge in [0.1, 0.15) is 6.10 Å². The lowest BCUT2D eigenvalue weighted by molar-refractivity contribution is -0.132. The van der Waals surface area contributed by atoms with E-state index in [4.69, 9.17) is 0 Å². The summed E-state index contributed by atoms with van der Waals surface area (Å²) >= 11 is 0. The maximum absolute atomic E-state index is 12.2. The average Bonchev–Trinajstić information content (AvgIpc) is 2.43. The molecule has 0 heterocycles. The minimum absolute atomic E-state index is 0.0815. The minimum atomic E-state index is -0.715. The first-order valence-corrected chi connectivity index (χ1v) is 8.39. The quantitative estimate of drug-likeness (QED) is 0.484. The minimum Gasteiger partial charge on any atom is -0.385 e. The van der Waals surface area contributed by atoms with E-state index in [9.17, 15) is 9.90 Å². The number of aliphatic hydroxyl groups excluding tert-OH is 1. The summed E-state index contributed by atoms with van der Waals surface area (Å²) in [4.78, 5) is 12.2. The lowest BCUT2D eigenvalue weighted by atomic mass is 9.89. The topological polar surface area (TPSA) is 37.3 Å². The first-order chi connectivity index (χ1) is 9.17. The van der Waals surface area contributed by atoms with Crippen molar-refractivity contribution >= 4 is 5.78 Å². The maximum Gasteiger partial charge on any atom is 0.164 e. The van der Waals surface area contributed by atoms with Gasteiger partial charge in [-0.2, -0.15) is 0 Å². The zero-order valence-electron chi connectivity index (χ0n) is 13.3. The Hall–Kier alpha value is -0.370. The second-order valence-electron chi connectivity index (χ2n) is 5.72. The first-order valence-electron chi connectivity index (χ1n) is 8.39. The second kappa shape index (κ2) is 12.7. The van der Waals surface area contributed by atoms with E-state index in [0.717, 1.165) is 32.1 Å². The zero-order valence-corrected chi connectivity index (χ0v) is 13.3. The number of aliphatic hydroxyl groups is 1. The highest BCUT2D eigenvalue weighted by atomic mass is 16.3. The highest BCUT2D eigenvalue weighted by Gasteiger charge is 2.23. The van der Waals surface area contributed by atoms with Gasteiger partial charge in [-0.05, 0) is 19.3 Å². The van der Waals surface area contributed by atoms with E-state index < -0.39 is 6.10 Å². The summed E-state index contributed by atoms with van der Waals surface area (Å²) in [5.74, 6) is 0.175. The lowest BCUT2D eigenvalue weighted by Crippen LogP contribution is -2.27. The van der Waals surface area contributed by atoms with E-state index in [0.29, 0.717) is 6.42 Å². The second-order valence-corrected chi connectivity index (χ2v) is 5.72. The maximum atomic E-state index is 12.2. The number of carbonyl (C=O) groups excluding carboxylic acids is 1. The van der Waals surface area contributed by atoms with Gasteiger partial charge in [0.15, 0.2) is 5.78 Å². The fraction of sp³-hybridized carbons (Fsp3) is 0.941. The lowest BCUT2D eigenvalue weighted by Gasteiger charge is -2.17. The molecule has 0 spiro atoms. The van der Waals surface area contributed by atoms with Crippen LogP contribution in [-0.4, -0.2) is 17.0 Å². The molecule has 0 fully saturated rings. The third kappa shape index (κ3) is 9.21. The van der Waals surface area contributed by atoms with Crippen molar-refractivity contribution < 1.29 is 9.90 Å². The number of hydrogen-bond donors (Lipinski definition) is 1. The molecular formula is C17H34O2. The molecule has 0 amide bonds. The van der Waals surface area contributed by atoms with Crippen molar-refractivity contribution in [1.82, 2.24) is 0 Å². The molecule has 0 aromatic rings. The summed E-state index contributed by atoms with van der Waals surface area (Å²) in [7, 11) is 0. The van der Waals surface area contributed by atoms with E-state index >= 15 is 0 Å². The van der Waals surface area contributed by atoms with Crippen LogP contribution in [0.4, 0.5) is 0 Å². The fourth-order valence-corrected chi connectivity index (χ4v) is 2.54. The summed E-state index contributed by atoms with van der Waals surface area (Å²) in [5.41, 5.74) is 0. The van der Waals surface area contributed by atoms with Crippen molar-refractivity contribution in [3.05, 3.63) is 0 Å². The molecule has 0 aliphatic carbocycles. The largest absolute Gasteiger partial charge is 0.385 e. The molecule has 0 saturated carbocycles. The fourth-order valence-electron chi connectivity index (χ4n) is 2.54. The molecule has 2 heteroatoms. The van der Waals surface area contributed by atoms with Gasteiger partial charge in [-0.1, -0.05) is 72.1 Å². The number of carbonyl (C=O) groups is 1. The van der Waals surface area contributed by atoms with Gasteiger partial charge in [0.05, 0.1) is 0 Å². The smallest absolute Gasteiger partial charge is 0.164 e. The molecule has 1 N–H and O–H groups in total. The predicted molar refractivity (Wildman–Crippen MR) is 82.3 cm³/mol. The molecule has 0 bridgehead atoms. The summed E-state index contributed by atoms with van der Waals surface area (Å²) in [6, 6.07) is 0. The Kier molecular flexibility index (Phi) is 12.4. The van der Waals surface area contributed by atoms with Crippen LogP contribution in [0.15, 0.2) is 0 Å². The third-order valence-corrected chi connectivity index (χ3v) is 3.96. The standard InChI is InChI=1S/C17H34O2/c1-4-7-9-11-13-15(6-3)17(19)16(18)14-12-10-8-5-2/h15-16,18H,4-14H2,1-3H3. The summed E-state index contributed by atoms with van der Waals surface area (Å²) in [6.45, 7) is 6.43. The van der Waals surface area contributed by atoms with Crippen molar-refractivity contribution in [3.63, 3.8) is 0 Å². The van der Waals surface area contributed by atoms with Crippen LogP contribution in [0.3, 0.4) is 0 Å². The van der Waals surface area contributed by atoms with Crippen LogP contribution in [0.2, 0.25) is 0 Å². The Morgan fingerprint density at radius 2 is 1.37 bits per heavy atom. The van der Waals surface area contributed by atoms with Gasteiger partial charge in [-0.15, -0.1) is 0 Å². The number of ketones is 1. The van der Waals surface area contributed by atoms with Crippen LogP contribution in [-0.2, 0) is 4.79 Å². The molecular weight excluding hydrogens is 236 g/mol. The van der Waals surface area contributed by atoms with Gasteiger partial charge in [0, 0.05) is 5.92 Å². The van der Waals surface area contributed by atoms with Crippen molar-refractivity contribution in [2.75, 3.05) is 0 Å². The Balaban J connectivity index is 3.89. The molecule has 0 aromatic carbocycles. The Morgan fingerprint density at radius 3 is 1.84 bits per heavy atom. The molecule has 2 atom stereocenters. The van der Waals surface area contributed by atoms with Crippen LogP contribution in [0.5, 0.6) is 0 Å². The van der Waals surface area contributed by atoms with Crippen LogP contribution < -0.4 is 0 Å². The molecule has 0 saturated heterocycles. The SMILES string of the molecule is CCCCCCC(O)C(=O)C(CC)CCCCCC. The van der Waals surface area contributed by atoms with Gasteiger partial charge in [-0.25, -0.2) is 0 Å². The Labute approximate surface area is 120 Å². The van der Waals surface area contributed by atoms with E-state index in [1.807, 2.05) is 0 Å². The molecule has 0 rings (SSSR count). The van der Waals surface area contributed by atoms with Crippen LogP contribution in [0, 0.1) is 5.92 Å². The van der Waals surface area contributed by atoms with Crippen molar-refractivity contribution in [2.24, 2.45) is 5.92 Å². The van der Waals surface area contributed by atoms with Crippen LogP contribution in [0.1, 0.15) is 91.4 Å². The summed E-state index contributed by atoms with van der Waals surface area (Å²) < 4.78 is 0. The molecule has 0 aromatic heterocycles. The summed E-state index contributed by atoms with van der Waals surface area (Å²) in [6.07, 6.45) is 11.1. The van der Waals surface area contributed by atoms with E-state index in [2.05, 4.69) is 20.8 Å². The molecule has 2 nitrogen and oxygen atoms in total. The molecule has 19 heavy (non-hydrogen) atoms.